The Morgan fingerprint density at radius 3 is 2.58 bits per heavy atom. The van der Waals surface area contributed by atoms with Crippen molar-refractivity contribution >= 4 is 45.9 Å². The summed E-state index contributed by atoms with van der Waals surface area (Å²) in [5.41, 5.74) is 7.24. The lowest BCUT2D eigenvalue weighted by Crippen LogP contribution is -2.14. The lowest BCUT2D eigenvalue weighted by atomic mass is 9.99. The molecule has 2 aromatic carbocycles. The van der Waals surface area contributed by atoms with Crippen LogP contribution in [0.15, 0.2) is 64.7 Å². The molecule has 0 saturated heterocycles. The van der Waals surface area contributed by atoms with Gasteiger partial charge in [0.25, 0.3) is 0 Å². The third-order valence-electron chi connectivity index (χ3n) is 3.56. The molecule has 2 aromatic rings. The fourth-order valence-electron chi connectivity index (χ4n) is 2.33. The van der Waals surface area contributed by atoms with E-state index in [4.69, 9.17) is 11.6 Å². The molecule has 1 heterocycles. The van der Waals surface area contributed by atoms with Crippen LogP contribution >= 0.6 is 23.4 Å². The summed E-state index contributed by atoms with van der Waals surface area (Å²) in [6, 6.07) is 18.0. The SMILES string of the molecule is CC(=N\NC1=NCCS1)/C(=C\c1ccc(Cl)cc1)c1ccccc1. The highest BCUT2D eigenvalue weighted by molar-refractivity contribution is 8.14. The van der Waals surface area contributed by atoms with Gasteiger partial charge in [-0.25, -0.2) is 0 Å². The molecule has 0 radical (unpaired) electrons. The second-order valence-corrected chi connectivity index (χ2v) is 6.84. The zero-order chi connectivity index (χ0) is 16.8. The van der Waals surface area contributed by atoms with Gasteiger partial charge in [0.15, 0.2) is 5.17 Å². The summed E-state index contributed by atoms with van der Waals surface area (Å²) < 4.78 is 0. The minimum atomic E-state index is 0.733. The van der Waals surface area contributed by atoms with Crippen LogP contribution in [0.2, 0.25) is 5.02 Å². The molecule has 3 rings (SSSR count). The van der Waals surface area contributed by atoms with Crippen molar-refractivity contribution in [1.82, 2.24) is 5.43 Å². The molecule has 0 bridgehead atoms. The smallest absolute Gasteiger partial charge is 0.177 e. The number of thioether (sulfide) groups is 1. The van der Waals surface area contributed by atoms with E-state index in [9.17, 15) is 0 Å². The van der Waals surface area contributed by atoms with Crippen molar-refractivity contribution in [2.75, 3.05) is 12.3 Å². The molecule has 1 aliphatic heterocycles. The maximum atomic E-state index is 5.98. The molecule has 1 N–H and O–H groups in total. The highest BCUT2D eigenvalue weighted by Crippen LogP contribution is 2.21. The van der Waals surface area contributed by atoms with Crippen molar-refractivity contribution in [1.29, 1.82) is 0 Å². The molecule has 0 aromatic heterocycles. The second-order valence-electron chi connectivity index (χ2n) is 5.32. The molecule has 0 fully saturated rings. The zero-order valence-corrected chi connectivity index (χ0v) is 14.9. The first-order chi connectivity index (χ1) is 11.7. The Bertz CT molecular complexity index is 780. The molecule has 0 saturated carbocycles. The summed E-state index contributed by atoms with van der Waals surface area (Å²) in [7, 11) is 0. The van der Waals surface area contributed by atoms with Gasteiger partial charge in [-0.05, 0) is 36.3 Å². The van der Waals surface area contributed by atoms with Crippen LogP contribution < -0.4 is 5.43 Å². The van der Waals surface area contributed by atoms with Gasteiger partial charge in [-0.15, -0.1) is 0 Å². The molecule has 1 aliphatic rings. The lowest BCUT2D eigenvalue weighted by Gasteiger charge is -2.09. The average Bonchev–Trinajstić information content (AvgIpc) is 3.13. The van der Waals surface area contributed by atoms with Crippen LogP contribution in [-0.4, -0.2) is 23.2 Å². The first-order valence-corrected chi connectivity index (χ1v) is 9.09. The molecule has 122 valence electrons. The molecule has 0 aliphatic carbocycles. The van der Waals surface area contributed by atoms with Crippen molar-refractivity contribution in [2.45, 2.75) is 6.92 Å². The number of nitrogens with zero attached hydrogens (tertiary/aromatic N) is 2. The van der Waals surface area contributed by atoms with Gasteiger partial charge >= 0.3 is 0 Å². The molecule has 3 nitrogen and oxygen atoms in total. The highest BCUT2D eigenvalue weighted by atomic mass is 35.5. The maximum Gasteiger partial charge on any atom is 0.177 e. The number of hydrogen-bond donors (Lipinski definition) is 1. The number of amidine groups is 1. The first kappa shape index (κ1) is 16.8. The summed E-state index contributed by atoms with van der Waals surface area (Å²) in [6.07, 6.45) is 2.12. The van der Waals surface area contributed by atoms with Gasteiger partial charge in [-0.2, -0.15) is 5.10 Å². The molecule has 5 heteroatoms. The van der Waals surface area contributed by atoms with E-state index in [-0.39, 0.29) is 0 Å². The monoisotopic (exact) mass is 355 g/mol. The first-order valence-electron chi connectivity index (χ1n) is 7.73. The van der Waals surface area contributed by atoms with Crippen LogP contribution in [0, 0.1) is 0 Å². The third kappa shape index (κ3) is 4.49. The van der Waals surface area contributed by atoms with E-state index < -0.39 is 0 Å². The maximum absolute atomic E-state index is 5.98. The van der Waals surface area contributed by atoms with Crippen LogP contribution in [0.1, 0.15) is 18.1 Å². The lowest BCUT2D eigenvalue weighted by molar-refractivity contribution is 1.03. The number of allylic oxidation sites excluding steroid dienone is 1. The topological polar surface area (TPSA) is 36.8 Å². The van der Waals surface area contributed by atoms with E-state index in [0.717, 1.165) is 44.9 Å². The second kappa shape index (κ2) is 8.18. The fraction of sp³-hybridized carbons (Fsp3) is 0.158. The van der Waals surface area contributed by atoms with E-state index in [0.29, 0.717) is 0 Å². The number of rotatable bonds is 4. The summed E-state index contributed by atoms with van der Waals surface area (Å²) >= 11 is 7.68. The van der Waals surface area contributed by atoms with Gasteiger partial charge in [-0.1, -0.05) is 65.8 Å². The van der Waals surface area contributed by atoms with Crippen LogP contribution in [0.25, 0.3) is 11.6 Å². The van der Waals surface area contributed by atoms with E-state index in [2.05, 4.69) is 33.7 Å². The molecule has 0 spiro atoms. The van der Waals surface area contributed by atoms with Gasteiger partial charge in [-0.3, -0.25) is 10.4 Å². The minimum absolute atomic E-state index is 0.733. The molecule has 0 unspecified atom stereocenters. The molecular weight excluding hydrogens is 338 g/mol. The summed E-state index contributed by atoms with van der Waals surface area (Å²) in [6.45, 7) is 2.86. The highest BCUT2D eigenvalue weighted by Gasteiger charge is 2.09. The molecule has 0 atom stereocenters. The van der Waals surface area contributed by atoms with Gasteiger partial charge in [0.1, 0.15) is 0 Å². The third-order valence-corrected chi connectivity index (χ3v) is 4.69. The Kier molecular flexibility index (Phi) is 5.72. The predicted octanol–water partition coefficient (Wildman–Crippen LogP) is 4.95. The quantitative estimate of drug-likeness (QED) is 0.478. The normalized spacial score (nSPS) is 15.3. The number of aliphatic imine (C=N–C) groups is 1. The molecule has 24 heavy (non-hydrogen) atoms. The Labute approximate surface area is 151 Å². The van der Waals surface area contributed by atoms with Crippen LogP contribution in [-0.2, 0) is 0 Å². The Morgan fingerprint density at radius 1 is 1.17 bits per heavy atom. The van der Waals surface area contributed by atoms with Crippen LogP contribution in [0.5, 0.6) is 0 Å². The predicted molar refractivity (Wildman–Crippen MR) is 107 cm³/mol. The van der Waals surface area contributed by atoms with Crippen LogP contribution in [0.4, 0.5) is 0 Å². The van der Waals surface area contributed by atoms with Crippen molar-refractivity contribution in [3.8, 4) is 0 Å². The standard InChI is InChI=1S/C19H18ClN3S/c1-14(22-23-19-21-11-12-24-19)18(16-5-3-2-4-6-16)13-15-7-9-17(20)10-8-15/h2-10,13H,11-12H2,1H3,(H,21,23)/b18-13+,22-14+. The van der Waals surface area contributed by atoms with E-state index in [1.165, 1.54) is 0 Å². The summed E-state index contributed by atoms with van der Waals surface area (Å²) in [5, 5.41) is 6.13. The van der Waals surface area contributed by atoms with Crippen LogP contribution in [0.3, 0.4) is 0 Å². The Hall–Kier alpha value is -2.04. The van der Waals surface area contributed by atoms with E-state index in [1.54, 1.807) is 11.8 Å². The van der Waals surface area contributed by atoms with Crippen molar-refractivity contribution < 1.29 is 0 Å². The van der Waals surface area contributed by atoms with Crippen molar-refractivity contribution in [2.24, 2.45) is 10.1 Å². The number of halogens is 1. The van der Waals surface area contributed by atoms with Gasteiger partial charge in [0.05, 0.1) is 12.3 Å². The van der Waals surface area contributed by atoms with Gasteiger partial charge < -0.3 is 0 Å². The Morgan fingerprint density at radius 2 is 1.92 bits per heavy atom. The minimum Gasteiger partial charge on any atom is -0.260 e. The molecular formula is C19H18ClN3S. The largest absolute Gasteiger partial charge is 0.260 e. The van der Waals surface area contributed by atoms with E-state index in [1.807, 2.05) is 49.4 Å². The Balaban J connectivity index is 1.92. The van der Waals surface area contributed by atoms with Gasteiger partial charge in [0.2, 0.25) is 0 Å². The number of nitrogens with one attached hydrogen (secondary N) is 1. The average molecular weight is 356 g/mol. The number of benzene rings is 2. The number of hydrogen-bond acceptors (Lipinski definition) is 4. The van der Waals surface area contributed by atoms with Crippen molar-refractivity contribution in [3.05, 3.63) is 70.7 Å². The fourth-order valence-corrected chi connectivity index (χ4v) is 3.13. The number of hydrazone groups is 1. The van der Waals surface area contributed by atoms with Crippen molar-refractivity contribution in [3.63, 3.8) is 0 Å². The summed E-state index contributed by atoms with van der Waals surface area (Å²) in [4.78, 5) is 4.36. The summed E-state index contributed by atoms with van der Waals surface area (Å²) in [5.74, 6) is 1.02. The molecule has 0 amide bonds. The van der Waals surface area contributed by atoms with Gasteiger partial charge in [0, 0.05) is 16.3 Å². The zero-order valence-electron chi connectivity index (χ0n) is 13.4. The van der Waals surface area contributed by atoms with E-state index >= 15 is 0 Å².